The molecule has 2 bridgehead atoms. The molecule has 0 aliphatic carbocycles. The van der Waals surface area contributed by atoms with Crippen LogP contribution in [0.2, 0.25) is 5.02 Å². The lowest BCUT2D eigenvalue weighted by molar-refractivity contribution is 0.0513. The molecule has 3 aromatic rings. The molecule has 0 radical (unpaired) electrons. The molecule has 13 heteroatoms. The van der Waals surface area contributed by atoms with Gasteiger partial charge in [-0.25, -0.2) is 4.21 Å². The topological polar surface area (TPSA) is 124 Å². The molecule has 1 unspecified atom stereocenters. The van der Waals surface area contributed by atoms with Gasteiger partial charge in [-0.05, 0) is 84.9 Å². The minimum atomic E-state index is -3.63. The van der Waals surface area contributed by atoms with Crippen LogP contribution < -0.4 is 19.1 Å². The number of nitrogens with one attached hydrogen (secondary N) is 1. The van der Waals surface area contributed by atoms with Crippen molar-refractivity contribution in [2.75, 3.05) is 37.5 Å². The molecule has 11 nitrogen and oxygen atoms in total. The fraction of sp³-hybridized carbons (Fsp3) is 0.462. The van der Waals surface area contributed by atoms with Crippen LogP contribution in [0.5, 0.6) is 11.6 Å². The molecule has 5 rings (SSSR count). The average molecular weight is 752 g/mol. The van der Waals surface area contributed by atoms with Gasteiger partial charge in [0.1, 0.15) is 21.2 Å². The van der Waals surface area contributed by atoms with Gasteiger partial charge in [-0.3, -0.25) is 19.0 Å². The summed E-state index contributed by atoms with van der Waals surface area (Å²) in [7, 11) is -0.591. The Balaban J connectivity index is 1.64. The summed E-state index contributed by atoms with van der Waals surface area (Å²) in [5.74, 6) is -0.763. The first-order valence-electron chi connectivity index (χ1n) is 17.8. The molecule has 2 aromatic carbocycles. The van der Waals surface area contributed by atoms with Gasteiger partial charge in [0.15, 0.2) is 0 Å². The molecule has 52 heavy (non-hydrogen) atoms. The predicted octanol–water partition coefficient (Wildman–Crippen LogP) is 7.20. The zero-order valence-electron chi connectivity index (χ0n) is 30.7. The van der Waals surface area contributed by atoms with Gasteiger partial charge in [0, 0.05) is 36.9 Å². The standard InChI is InChI=1S/C39H50ClN5O6S/c1-7-18-50-35-13-10-11-26(2)25-52(48,43-38(47)33-24-44(5)41-39(33)49-6)42-37(46)30-15-17-36-34(21-30)45(22-27(3)28(35)4)23-31-14-16-32(40)20-29(31)12-8-9-19-51-36/h7,10,13-17,20-21,24,26-28,35H,1,8-9,11-12,18-19,22-23,25H2,2-6H3,(H,42,43,46,47,48)/b13-10+/t26-,27-,28+,35-,52?/m0/s1. The summed E-state index contributed by atoms with van der Waals surface area (Å²) in [5, 5.41) is 4.84. The number of nitrogens with zero attached hydrogens (tertiary/aromatic N) is 4. The largest absolute Gasteiger partial charge is 0.491 e. The summed E-state index contributed by atoms with van der Waals surface area (Å²) >= 11 is 6.47. The molecular formula is C39H50ClN5O6S. The SMILES string of the molecule is C=CCO[C@H]1/C=C/C[C@H](C)CS(=O)(NC(=O)c2cn(C)nc2OC)=NC(=O)c2ccc3c(c2)N(Cc2ccc(Cl)cc2CCCCO3)C[C@H](C)[C@H]1C. The molecule has 5 atom stereocenters. The highest BCUT2D eigenvalue weighted by molar-refractivity contribution is 7.92. The highest BCUT2D eigenvalue weighted by atomic mass is 35.5. The Morgan fingerprint density at radius 2 is 1.98 bits per heavy atom. The smallest absolute Gasteiger partial charge is 0.286 e. The molecule has 2 aliphatic heterocycles. The van der Waals surface area contributed by atoms with Crippen LogP contribution >= 0.6 is 11.6 Å². The monoisotopic (exact) mass is 751 g/mol. The number of carbonyl (C=O) groups excluding carboxylic acids is 2. The number of benzene rings is 2. The van der Waals surface area contributed by atoms with E-state index in [4.69, 9.17) is 25.8 Å². The van der Waals surface area contributed by atoms with Crippen molar-refractivity contribution in [3.05, 3.63) is 94.7 Å². The molecule has 3 heterocycles. The first-order chi connectivity index (χ1) is 24.9. The van der Waals surface area contributed by atoms with Gasteiger partial charge >= 0.3 is 0 Å². The quantitative estimate of drug-likeness (QED) is 0.263. The number of fused-ring (bicyclic) bond motifs is 2. The second kappa shape index (κ2) is 17.6. The van der Waals surface area contributed by atoms with E-state index in [2.05, 4.69) is 51.7 Å². The van der Waals surface area contributed by atoms with Crippen LogP contribution in [0.15, 0.2) is 71.8 Å². The Bertz CT molecular complexity index is 1920. The first-order valence-corrected chi connectivity index (χ1v) is 19.8. The Labute approximate surface area is 312 Å². The van der Waals surface area contributed by atoms with Crippen LogP contribution in [-0.2, 0) is 34.7 Å². The average Bonchev–Trinajstić information content (AvgIpc) is 3.48. The number of aryl methyl sites for hydroxylation is 2. The normalized spacial score (nSPS) is 25.0. The number of rotatable bonds is 6. The van der Waals surface area contributed by atoms with E-state index in [-0.39, 0.29) is 46.6 Å². The summed E-state index contributed by atoms with van der Waals surface area (Å²) in [6, 6.07) is 11.2. The van der Waals surface area contributed by atoms with Crippen molar-refractivity contribution in [1.29, 1.82) is 0 Å². The van der Waals surface area contributed by atoms with Crippen molar-refractivity contribution in [3.8, 4) is 11.6 Å². The van der Waals surface area contributed by atoms with Gasteiger partial charge in [-0.15, -0.1) is 16.0 Å². The molecule has 2 amide bonds. The third-order valence-electron chi connectivity index (χ3n) is 9.59. The maximum absolute atomic E-state index is 14.6. The van der Waals surface area contributed by atoms with Crippen LogP contribution in [-0.4, -0.2) is 64.5 Å². The van der Waals surface area contributed by atoms with E-state index in [1.165, 1.54) is 23.6 Å². The molecular weight excluding hydrogens is 702 g/mol. The van der Waals surface area contributed by atoms with Crippen molar-refractivity contribution < 1.29 is 28.0 Å². The van der Waals surface area contributed by atoms with Gasteiger partial charge in [0.2, 0.25) is 5.88 Å². The van der Waals surface area contributed by atoms with Crippen LogP contribution in [0, 0.1) is 17.8 Å². The molecule has 2 aliphatic rings. The number of allylic oxidation sites excluding steroid dienone is 1. The summed E-state index contributed by atoms with van der Waals surface area (Å²) < 4.78 is 40.8. The summed E-state index contributed by atoms with van der Waals surface area (Å²) in [4.78, 5) is 29.8. The van der Waals surface area contributed by atoms with Crippen molar-refractivity contribution in [1.82, 2.24) is 14.5 Å². The van der Waals surface area contributed by atoms with Crippen molar-refractivity contribution in [2.24, 2.45) is 29.2 Å². The molecule has 280 valence electrons. The second-order valence-electron chi connectivity index (χ2n) is 13.8. The second-order valence-corrected chi connectivity index (χ2v) is 16.3. The van der Waals surface area contributed by atoms with Gasteiger partial charge < -0.3 is 19.1 Å². The molecule has 0 saturated carbocycles. The number of halogens is 1. The fourth-order valence-electron chi connectivity index (χ4n) is 6.62. The number of anilines is 1. The maximum atomic E-state index is 14.6. The number of aromatic nitrogens is 2. The van der Waals surface area contributed by atoms with Gasteiger partial charge in [-0.2, -0.15) is 0 Å². The van der Waals surface area contributed by atoms with Crippen LogP contribution in [0.3, 0.4) is 0 Å². The first kappa shape index (κ1) is 39.1. The summed E-state index contributed by atoms with van der Waals surface area (Å²) in [6.07, 6.45) is 10.2. The highest BCUT2D eigenvalue weighted by Gasteiger charge is 2.28. The van der Waals surface area contributed by atoms with Gasteiger partial charge in [0.05, 0.1) is 37.9 Å². The lowest BCUT2D eigenvalue weighted by atomic mass is 9.89. The van der Waals surface area contributed by atoms with Crippen molar-refractivity contribution in [2.45, 2.75) is 59.1 Å². The van der Waals surface area contributed by atoms with Crippen LogP contribution in [0.25, 0.3) is 0 Å². The van der Waals surface area contributed by atoms with E-state index in [0.717, 1.165) is 30.5 Å². The third kappa shape index (κ3) is 9.84. The maximum Gasteiger partial charge on any atom is 0.286 e. The molecule has 0 spiro atoms. The lowest BCUT2D eigenvalue weighted by Gasteiger charge is -2.34. The highest BCUT2D eigenvalue weighted by Crippen LogP contribution is 2.35. The fourth-order valence-corrected chi connectivity index (χ4v) is 8.69. The summed E-state index contributed by atoms with van der Waals surface area (Å²) in [6.45, 7) is 12.2. The van der Waals surface area contributed by atoms with E-state index in [1.54, 1.807) is 31.3 Å². The van der Waals surface area contributed by atoms with Crippen molar-refractivity contribution in [3.63, 3.8) is 0 Å². The number of hydrogen-bond donors (Lipinski definition) is 1. The Kier molecular flexibility index (Phi) is 13.2. The number of amides is 2. The van der Waals surface area contributed by atoms with E-state index in [0.29, 0.717) is 43.5 Å². The summed E-state index contributed by atoms with van der Waals surface area (Å²) in [5.41, 5.74) is 3.35. The number of ether oxygens (including phenoxy) is 3. The van der Waals surface area contributed by atoms with E-state index >= 15 is 0 Å². The van der Waals surface area contributed by atoms with E-state index < -0.39 is 21.7 Å². The Morgan fingerprint density at radius 1 is 1.17 bits per heavy atom. The van der Waals surface area contributed by atoms with Crippen molar-refractivity contribution >= 4 is 39.0 Å². The van der Waals surface area contributed by atoms with Crippen LogP contribution in [0.4, 0.5) is 5.69 Å². The van der Waals surface area contributed by atoms with E-state index in [9.17, 15) is 13.8 Å². The van der Waals surface area contributed by atoms with Crippen LogP contribution in [0.1, 0.15) is 71.9 Å². The van der Waals surface area contributed by atoms with Gasteiger partial charge in [0.25, 0.3) is 11.8 Å². The minimum Gasteiger partial charge on any atom is -0.491 e. The zero-order valence-corrected chi connectivity index (χ0v) is 32.3. The zero-order chi connectivity index (χ0) is 37.4. The predicted molar refractivity (Wildman–Crippen MR) is 206 cm³/mol. The molecule has 0 fully saturated rings. The molecule has 1 N–H and O–H groups in total. The molecule has 1 aromatic heterocycles. The number of methoxy groups -OCH3 is 1. The minimum absolute atomic E-state index is 0.0684. The third-order valence-corrected chi connectivity index (χ3v) is 11.8. The number of hydrogen-bond acceptors (Lipinski definition) is 8. The molecule has 0 saturated heterocycles. The Morgan fingerprint density at radius 3 is 2.75 bits per heavy atom. The number of carbonyl (C=O) groups is 2. The Hall–Kier alpha value is -4.13. The lowest BCUT2D eigenvalue weighted by Crippen LogP contribution is -2.36. The van der Waals surface area contributed by atoms with E-state index in [1.807, 2.05) is 25.1 Å². The van der Waals surface area contributed by atoms with Gasteiger partial charge in [-0.1, -0.05) is 56.7 Å².